The number of unbranched alkanes of at least 4 members (excludes halogenated alkanes) is 10. The van der Waals surface area contributed by atoms with Crippen molar-refractivity contribution >= 4 is 0 Å². The number of hydrogen-bond donors (Lipinski definition) is 0. The molecule has 2 nitrogen and oxygen atoms in total. The van der Waals surface area contributed by atoms with Crippen molar-refractivity contribution in [2.45, 2.75) is 110 Å². The van der Waals surface area contributed by atoms with E-state index >= 15 is 0 Å². The summed E-state index contributed by atoms with van der Waals surface area (Å²) >= 11 is 0. The average Bonchev–Trinajstić information content (AvgIpc) is 2.96. The van der Waals surface area contributed by atoms with E-state index in [-0.39, 0.29) is 0 Å². The lowest BCUT2D eigenvalue weighted by Gasteiger charge is -2.32. The smallest absolute Gasteiger partial charge is 0.101 e. The number of nitrogens with zero attached hydrogens (tertiary/aromatic N) is 2. The topological polar surface area (TPSA) is 6.48 Å². The first kappa shape index (κ1) is 20.4. The molecule has 0 N–H and O–H groups in total. The Hall–Kier alpha value is -0.660. The minimum absolute atomic E-state index is 0.641. The van der Waals surface area contributed by atoms with Crippen LogP contribution in [0.5, 0.6) is 0 Å². The summed E-state index contributed by atoms with van der Waals surface area (Å²) in [4.78, 5) is 5.14. The quantitative estimate of drug-likeness (QED) is 0.316. The molecule has 0 aromatic heterocycles. The van der Waals surface area contributed by atoms with Crippen molar-refractivity contribution in [2.75, 3.05) is 13.1 Å². The van der Waals surface area contributed by atoms with Gasteiger partial charge in [-0.3, -0.25) is 0 Å². The molecule has 1 aliphatic rings. The van der Waals surface area contributed by atoms with Gasteiger partial charge in [0.2, 0.25) is 0 Å². The van der Waals surface area contributed by atoms with Gasteiger partial charge in [-0.05, 0) is 26.2 Å². The van der Waals surface area contributed by atoms with Crippen LogP contribution in [0, 0.1) is 0 Å². The fourth-order valence-electron chi connectivity index (χ4n) is 3.61. The maximum absolute atomic E-state index is 2.61. The van der Waals surface area contributed by atoms with E-state index in [1.54, 1.807) is 0 Å². The van der Waals surface area contributed by atoms with Crippen LogP contribution in [0.2, 0.25) is 0 Å². The van der Waals surface area contributed by atoms with Gasteiger partial charge in [-0.1, -0.05) is 78.1 Å². The van der Waals surface area contributed by atoms with E-state index in [4.69, 9.17) is 0 Å². The van der Waals surface area contributed by atoms with Crippen molar-refractivity contribution < 1.29 is 0 Å². The Bertz CT molecular complexity index is 288. The lowest BCUT2D eigenvalue weighted by Crippen LogP contribution is -2.38. The van der Waals surface area contributed by atoms with Crippen LogP contribution in [0.15, 0.2) is 12.4 Å². The molecule has 0 saturated heterocycles. The van der Waals surface area contributed by atoms with E-state index in [0.29, 0.717) is 6.17 Å². The highest BCUT2D eigenvalue weighted by atomic mass is 15.4. The number of hydrogen-bond acceptors (Lipinski definition) is 2. The van der Waals surface area contributed by atoms with Gasteiger partial charge >= 0.3 is 0 Å². The summed E-state index contributed by atoms with van der Waals surface area (Å²) in [6.07, 6.45) is 23.4. The molecule has 0 spiro atoms. The molecule has 0 bridgehead atoms. The van der Waals surface area contributed by atoms with Gasteiger partial charge in [0.1, 0.15) is 6.17 Å². The third kappa shape index (κ3) is 8.67. The standard InChI is InChI=1S/C21H42N2/c1-4-7-9-11-13-15-17-21-22(6-3)19-20-23(21)18-16-14-12-10-8-5-2/h19-21H,4-18H2,1-3H3. The predicted octanol–water partition coefficient (Wildman–Crippen LogP) is 6.53. The second kappa shape index (κ2) is 13.7. The Kier molecular flexibility index (Phi) is 12.2. The van der Waals surface area contributed by atoms with Gasteiger partial charge in [-0.25, -0.2) is 0 Å². The van der Waals surface area contributed by atoms with Crippen LogP contribution in [0.1, 0.15) is 104 Å². The molecule has 0 aromatic rings. The lowest BCUT2D eigenvalue weighted by atomic mass is 10.1. The van der Waals surface area contributed by atoms with Crippen molar-refractivity contribution in [1.29, 1.82) is 0 Å². The fraction of sp³-hybridized carbons (Fsp3) is 0.905. The van der Waals surface area contributed by atoms with E-state index in [0.717, 1.165) is 6.54 Å². The van der Waals surface area contributed by atoms with Crippen molar-refractivity contribution in [3.8, 4) is 0 Å². The van der Waals surface area contributed by atoms with Crippen molar-refractivity contribution in [3.05, 3.63) is 12.4 Å². The van der Waals surface area contributed by atoms with Gasteiger partial charge in [-0.15, -0.1) is 0 Å². The molecule has 0 fully saturated rings. The van der Waals surface area contributed by atoms with E-state index in [1.165, 1.54) is 90.0 Å². The predicted molar refractivity (Wildman–Crippen MR) is 103 cm³/mol. The second-order valence-corrected chi connectivity index (χ2v) is 7.17. The molecule has 0 aliphatic carbocycles. The summed E-state index contributed by atoms with van der Waals surface area (Å²) < 4.78 is 0. The largest absolute Gasteiger partial charge is 0.356 e. The van der Waals surface area contributed by atoms with Crippen LogP contribution >= 0.6 is 0 Å². The highest BCUT2D eigenvalue weighted by Gasteiger charge is 2.23. The van der Waals surface area contributed by atoms with Crippen molar-refractivity contribution in [2.24, 2.45) is 0 Å². The van der Waals surface area contributed by atoms with Gasteiger partial charge < -0.3 is 9.80 Å². The van der Waals surface area contributed by atoms with Crippen LogP contribution in [0.25, 0.3) is 0 Å². The molecule has 0 aromatic carbocycles. The van der Waals surface area contributed by atoms with Gasteiger partial charge in [0, 0.05) is 25.5 Å². The Balaban J connectivity index is 2.18. The summed E-state index contributed by atoms with van der Waals surface area (Å²) in [5.74, 6) is 0. The Labute approximate surface area is 146 Å². The normalized spacial score (nSPS) is 17.4. The Morgan fingerprint density at radius 3 is 1.74 bits per heavy atom. The summed E-state index contributed by atoms with van der Waals surface area (Å²) in [7, 11) is 0. The summed E-state index contributed by atoms with van der Waals surface area (Å²) in [6, 6.07) is 0. The van der Waals surface area contributed by atoms with E-state index < -0.39 is 0 Å². The third-order valence-corrected chi connectivity index (χ3v) is 5.17. The summed E-state index contributed by atoms with van der Waals surface area (Å²) in [6.45, 7) is 9.27. The zero-order valence-electron chi connectivity index (χ0n) is 16.2. The third-order valence-electron chi connectivity index (χ3n) is 5.17. The molecule has 1 rings (SSSR count). The molecular formula is C21H42N2. The van der Waals surface area contributed by atoms with Crippen molar-refractivity contribution in [1.82, 2.24) is 9.80 Å². The van der Waals surface area contributed by atoms with Gasteiger partial charge in [0.25, 0.3) is 0 Å². The van der Waals surface area contributed by atoms with Crippen molar-refractivity contribution in [3.63, 3.8) is 0 Å². The Morgan fingerprint density at radius 2 is 1.13 bits per heavy atom. The van der Waals surface area contributed by atoms with E-state index in [9.17, 15) is 0 Å². The monoisotopic (exact) mass is 322 g/mol. The summed E-state index contributed by atoms with van der Waals surface area (Å²) in [5, 5.41) is 0. The van der Waals surface area contributed by atoms with Crippen LogP contribution in [0.3, 0.4) is 0 Å². The second-order valence-electron chi connectivity index (χ2n) is 7.17. The lowest BCUT2D eigenvalue weighted by molar-refractivity contribution is 0.142. The van der Waals surface area contributed by atoms with Gasteiger partial charge in [0.15, 0.2) is 0 Å². The molecule has 0 radical (unpaired) electrons. The SMILES string of the molecule is CCCCCCCCC1N(CC)C=CN1CCCCCCCC. The van der Waals surface area contributed by atoms with Crippen LogP contribution < -0.4 is 0 Å². The molecule has 0 saturated carbocycles. The van der Waals surface area contributed by atoms with Gasteiger partial charge in [-0.2, -0.15) is 0 Å². The number of rotatable bonds is 15. The minimum atomic E-state index is 0.641. The highest BCUT2D eigenvalue weighted by molar-refractivity contribution is 4.96. The zero-order valence-corrected chi connectivity index (χ0v) is 16.2. The average molecular weight is 323 g/mol. The molecule has 136 valence electrons. The molecule has 1 aliphatic heterocycles. The van der Waals surface area contributed by atoms with Gasteiger partial charge in [0.05, 0.1) is 0 Å². The maximum atomic E-state index is 2.61. The first-order chi connectivity index (χ1) is 11.3. The fourth-order valence-corrected chi connectivity index (χ4v) is 3.61. The molecule has 1 unspecified atom stereocenters. The molecule has 1 heterocycles. The highest BCUT2D eigenvalue weighted by Crippen LogP contribution is 2.22. The maximum Gasteiger partial charge on any atom is 0.101 e. The molecule has 1 atom stereocenters. The van der Waals surface area contributed by atoms with Crippen LogP contribution in [-0.4, -0.2) is 29.1 Å². The Morgan fingerprint density at radius 1 is 0.609 bits per heavy atom. The molecule has 0 amide bonds. The van der Waals surface area contributed by atoms with E-state index in [2.05, 4.69) is 43.0 Å². The van der Waals surface area contributed by atoms with Crippen LogP contribution in [-0.2, 0) is 0 Å². The molecular weight excluding hydrogens is 280 g/mol. The zero-order chi connectivity index (χ0) is 16.8. The summed E-state index contributed by atoms with van der Waals surface area (Å²) in [5.41, 5.74) is 0. The molecule has 2 heteroatoms. The van der Waals surface area contributed by atoms with Crippen LogP contribution in [0.4, 0.5) is 0 Å². The van der Waals surface area contributed by atoms with E-state index in [1.807, 2.05) is 0 Å². The first-order valence-corrected chi connectivity index (χ1v) is 10.5. The molecule has 23 heavy (non-hydrogen) atoms. The minimum Gasteiger partial charge on any atom is -0.356 e. The first-order valence-electron chi connectivity index (χ1n) is 10.5.